The Balaban J connectivity index is 1.93. The first-order valence-electron chi connectivity index (χ1n) is 8.94. The Hall–Kier alpha value is -3.16. The monoisotopic (exact) mass is 390 g/mol. The minimum atomic E-state index is -0.545. The second-order valence-electron chi connectivity index (χ2n) is 6.01. The molecule has 2 aromatic carbocycles. The van der Waals surface area contributed by atoms with Crippen molar-refractivity contribution in [3.8, 4) is 5.75 Å². The SMILES string of the molecule is CCNC(=NCc1cccc(OCC(N)=O)c1)NCCc1cc(F)ccc1F. The summed E-state index contributed by atoms with van der Waals surface area (Å²) in [5, 5.41) is 6.20. The van der Waals surface area contributed by atoms with Crippen LogP contribution in [0.2, 0.25) is 0 Å². The van der Waals surface area contributed by atoms with Crippen LogP contribution in [0.25, 0.3) is 0 Å². The van der Waals surface area contributed by atoms with Crippen LogP contribution >= 0.6 is 0 Å². The molecule has 0 saturated carbocycles. The van der Waals surface area contributed by atoms with Gasteiger partial charge in [-0.3, -0.25) is 4.79 Å². The van der Waals surface area contributed by atoms with Crippen LogP contribution in [-0.4, -0.2) is 31.6 Å². The zero-order valence-corrected chi connectivity index (χ0v) is 15.7. The van der Waals surface area contributed by atoms with Crippen molar-refractivity contribution >= 4 is 11.9 Å². The molecule has 0 saturated heterocycles. The van der Waals surface area contributed by atoms with E-state index in [0.717, 1.165) is 17.7 Å². The molecule has 0 aromatic heterocycles. The van der Waals surface area contributed by atoms with Crippen molar-refractivity contribution < 1.29 is 18.3 Å². The molecule has 0 heterocycles. The zero-order chi connectivity index (χ0) is 20.4. The average molecular weight is 390 g/mol. The number of hydrogen-bond donors (Lipinski definition) is 3. The van der Waals surface area contributed by atoms with Crippen LogP contribution in [0.3, 0.4) is 0 Å². The number of rotatable bonds is 9. The number of nitrogens with two attached hydrogens (primary N) is 1. The fourth-order valence-electron chi connectivity index (χ4n) is 2.45. The van der Waals surface area contributed by atoms with Crippen LogP contribution in [0.15, 0.2) is 47.5 Å². The summed E-state index contributed by atoms with van der Waals surface area (Å²) in [5.74, 6) is -0.348. The van der Waals surface area contributed by atoms with Crippen molar-refractivity contribution in [3.05, 3.63) is 65.2 Å². The van der Waals surface area contributed by atoms with E-state index in [9.17, 15) is 13.6 Å². The van der Waals surface area contributed by atoms with Gasteiger partial charge in [0, 0.05) is 13.1 Å². The first-order valence-corrected chi connectivity index (χ1v) is 8.94. The summed E-state index contributed by atoms with van der Waals surface area (Å²) in [5.41, 5.74) is 6.26. The average Bonchev–Trinajstić information content (AvgIpc) is 2.67. The number of aliphatic imine (C=N–C) groups is 1. The number of guanidine groups is 1. The smallest absolute Gasteiger partial charge is 0.255 e. The minimum absolute atomic E-state index is 0.187. The van der Waals surface area contributed by atoms with E-state index < -0.39 is 17.5 Å². The normalized spacial score (nSPS) is 11.2. The van der Waals surface area contributed by atoms with Crippen molar-refractivity contribution in [1.82, 2.24) is 10.6 Å². The molecule has 1 amide bonds. The van der Waals surface area contributed by atoms with Gasteiger partial charge in [-0.1, -0.05) is 12.1 Å². The Labute approximate surface area is 162 Å². The molecule has 8 heteroatoms. The number of nitrogens with one attached hydrogen (secondary N) is 2. The van der Waals surface area contributed by atoms with E-state index in [1.54, 1.807) is 18.2 Å². The molecule has 0 fully saturated rings. The van der Waals surface area contributed by atoms with E-state index in [-0.39, 0.29) is 6.61 Å². The Morgan fingerprint density at radius 3 is 2.75 bits per heavy atom. The highest BCUT2D eigenvalue weighted by atomic mass is 19.1. The number of amides is 1. The van der Waals surface area contributed by atoms with Crippen molar-refractivity contribution in [2.24, 2.45) is 10.7 Å². The van der Waals surface area contributed by atoms with Gasteiger partial charge in [-0.25, -0.2) is 13.8 Å². The third-order valence-electron chi connectivity index (χ3n) is 3.74. The highest BCUT2D eigenvalue weighted by Gasteiger charge is 2.05. The molecule has 0 bridgehead atoms. The lowest BCUT2D eigenvalue weighted by molar-refractivity contribution is -0.119. The quantitative estimate of drug-likeness (QED) is 0.452. The van der Waals surface area contributed by atoms with Crippen molar-refractivity contribution in [3.63, 3.8) is 0 Å². The maximum absolute atomic E-state index is 13.7. The number of hydrogen-bond acceptors (Lipinski definition) is 3. The first kappa shape index (κ1) is 21.1. The van der Waals surface area contributed by atoms with Crippen molar-refractivity contribution in [2.75, 3.05) is 19.7 Å². The molecule has 150 valence electrons. The van der Waals surface area contributed by atoms with Crippen molar-refractivity contribution in [1.29, 1.82) is 0 Å². The van der Waals surface area contributed by atoms with Crippen LogP contribution < -0.4 is 21.1 Å². The zero-order valence-electron chi connectivity index (χ0n) is 15.7. The highest BCUT2D eigenvalue weighted by Crippen LogP contribution is 2.14. The van der Waals surface area contributed by atoms with Crippen molar-refractivity contribution in [2.45, 2.75) is 19.9 Å². The van der Waals surface area contributed by atoms with Gasteiger partial charge >= 0.3 is 0 Å². The molecule has 0 atom stereocenters. The topological polar surface area (TPSA) is 88.7 Å². The van der Waals surface area contributed by atoms with E-state index >= 15 is 0 Å². The molecule has 2 rings (SSSR count). The fraction of sp³-hybridized carbons (Fsp3) is 0.300. The molecule has 4 N–H and O–H groups in total. The van der Waals surface area contributed by atoms with Gasteiger partial charge < -0.3 is 21.1 Å². The minimum Gasteiger partial charge on any atom is -0.484 e. The van der Waals surface area contributed by atoms with Gasteiger partial charge in [-0.2, -0.15) is 0 Å². The number of benzene rings is 2. The van der Waals surface area contributed by atoms with E-state index in [2.05, 4.69) is 15.6 Å². The number of halogens is 2. The third-order valence-corrected chi connectivity index (χ3v) is 3.74. The molecule has 2 aromatic rings. The molecule has 0 aliphatic carbocycles. The van der Waals surface area contributed by atoms with E-state index in [4.69, 9.17) is 10.5 Å². The van der Waals surface area contributed by atoms with Gasteiger partial charge in [-0.05, 0) is 54.8 Å². The van der Waals surface area contributed by atoms with Crippen LogP contribution in [0.5, 0.6) is 5.75 Å². The maximum atomic E-state index is 13.7. The number of carbonyl (C=O) groups excluding carboxylic acids is 1. The van der Waals surface area contributed by atoms with Crippen LogP contribution in [0.1, 0.15) is 18.1 Å². The summed E-state index contributed by atoms with van der Waals surface area (Å²) in [7, 11) is 0. The van der Waals surface area contributed by atoms with E-state index in [0.29, 0.717) is 43.3 Å². The second kappa shape index (κ2) is 10.9. The molecule has 0 unspecified atom stereocenters. The van der Waals surface area contributed by atoms with Gasteiger partial charge in [0.2, 0.25) is 0 Å². The van der Waals surface area contributed by atoms with Crippen LogP contribution in [-0.2, 0) is 17.8 Å². The lowest BCUT2D eigenvalue weighted by Crippen LogP contribution is -2.38. The first-order chi connectivity index (χ1) is 13.5. The molecule has 0 spiro atoms. The Kier molecular flexibility index (Phi) is 8.20. The number of carbonyl (C=O) groups is 1. The predicted octanol–water partition coefficient (Wildman–Crippen LogP) is 2.13. The predicted molar refractivity (Wildman–Crippen MR) is 104 cm³/mol. The molecule has 0 aliphatic heterocycles. The summed E-state index contributed by atoms with van der Waals surface area (Å²) < 4.78 is 32.2. The van der Waals surface area contributed by atoms with E-state index in [1.807, 2.05) is 13.0 Å². The number of nitrogens with zero attached hydrogens (tertiary/aromatic N) is 1. The summed E-state index contributed by atoms with van der Waals surface area (Å²) in [4.78, 5) is 15.3. The maximum Gasteiger partial charge on any atom is 0.255 e. The van der Waals surface area contributed by atoms with Gasteiger partial charge in [0.15, 0.2) is 12.6 Å². The Morgan fingerprint density at radius 1 is 1.18 bits per heavy atom. The summed E-state index contributed by atoms with van der Waals surface area (Å²) in [6.45, 7) is 3.17. The fourth-order valence-corrected chi connectivity index (χ4v) is 2.45. The number of ether oxygens (including phenoxy) is 1. The summed E-state index contributed by atoms with van der Waals surface area (Å²) in [6.07, 6.45) is 0.324. The molecule has 0 aliphatic rings. The van der Waals surface area contributed by atoms with Gasteiger partial charge in [0.05, 0.1) is 6.54 Å². The van der Waals surface area contributed by atoms with Gasteiger partial charge in [0.25, 0.3) is 5.91 Å². The molecular formula is C20H24F2N4O2. The molecular weight excluding hydrogens is 366 g/mol. The Morgan fingerprint density at radius 2 is 2.00 bits per heavy atom. The van der Waals surface area contributed by atoms with Gasteiger partial charge in [-0.15, -0.1) is 0 Å². The highest BCUT2D eigenvalue weighted by molar-refractivity contribution is 5.79. The molecule has 28 heavy (non-hydrogen) atoms. The summed E-state index contributed by atoms with van der Waals surface area (Å²) >= 11 is 0. The van der Waals surface area contributed by atoms with Crippen LogP contribution in [0.4, 0.5) is 8.78 Å². The standard InChI is InChI=1S/C20H24F2N4O2/c1-2-24-20(25-9-8-15-11-16(21)6-7-18(15)22)26-12-14-4-3-5-17(10-14)28-13-19(23)27/h3-7,10-11H,2,8-9,12-13H2,1H3,(H2,23,27)(H2,24,25,26). The van der Waals surface area contributed by atoms with E-state index in [1.165, 1.54) is 6.07 Å². The lowest BCUT2D eigenvalue weighted by atomic mass is 10.1. The second-order valence-corrected chi connectivity index (χ2v) is 6.01. The Bertz CT molecular complexity index is 828. The largest absolute Gasteiger partial charge is 0.484 e. The van der Waals surface area contributed by atoms with Gasteiger partial charge in [0.1, 0.15) is 17.4 Å². The lowest BCUT2D eigenvalue weighted by Gasteiger charge is -2.12. The number of primary amides is 1. The third kappa shape index (κ3) is 7.22. The van der Waals surface area contributed by atoms with Crippen LogP contribution in [0, 0.1) is 11.6 Å². The molecule has 6 nitrogen and oxygen atoms in total. The summed E-state index contributed by atoms with van der Waals surface area (Å²) in [6, 6.07) is 10.6. The molecule has 0 radical (unpaired) electrons.